The molecule has 0 spiro atoms. The van der Waals surface area contributed by atoms with Gasteiger partial charge in [0.1, 0.15) is 5.69 Å². The largest absolute Gasteiger partial charge is 0.370 e. The predicted molar refractivity (Wildman–Crippen MR) is 108 cm³/mol. The molecule has 1 aromatic carbocycles. The Bertz CT molecular complexity index is 1090. The van der Waals surface area contributed by atoms with Crippen LogP contribution in [0.25, 0.3) is 28.1 Å². The van der Waals surface area contributed by atoms with Crippen LogP contribution in [0.15, 0.2) is 54.7 Å². The number of para-hydroxylation sites is 1. The first-order chi connectivity index (χ1) is 13.3. The molecule has 0 atom stereocenters. The zero-order valence-electron chi connectivity index (χ0n) is 15.1. The van der Waals surface area contributed by atoms with Crippen molar-refractivity contribution < 1.29 is 0 Å². The molecule has 0 radical (unpaired) electrons. The van der Waals surface area contributed by atoms with Crippen LogP contribution in [0.2, 0.25) is 0 Å². The highest BCUT2D eigenvalue weighted by Crippen LogP contribution is 2.30. The van der Waals surface area contributed by atoms with Crippen molar-refractivity contribution in [2.75, 3.05) is 24.5 Å². The van der Waals surface area contributed by atoms with Crippen molar-refractivity contribution in [3.05, 3.63) is 54.7 Å². The summed E-state index contributed by atoms with van der Waals surface area (Å²) < 4.78 is 1.98. The first-order valence-electron chi connectivity index (χ1n) is 9.48. The van der Waals surface area contributed by atoms with E-state index in [0.717, 1.165) is 60.5 Å². The second kappa shape index (κ2) is 6.63. The van der Waals surface area contributed by atoms with Gasteiger partial charge in [-0.25, -0.2) is 4.98 Å². The smallest absolute Gasteiger partial charge is 0.187 e. The highest BCUT2D eigenvalue weighted by atomic mass is 15.3. The lowest BCUT2D eigenvalue weighted by Crippen LogP contribution is -2.36. The number of anilines is 1. The summed E-state index contributed by atoms with van der Waals surface area (Å²) >= 11 is 0. The van der Waals surface area contributed by atoms with Gasteiger partial charge >= 0.3 is 0 Å². The van der Waals surface area contributed by atoms with Crippen LogP contribution in [0.1, 0.15) is 12.8 Å². The van der Waals surface area contributed by atoms with Gasteiger partial charge in [-0.3, -0.25) is 4.40 Å². The number of piperidine rings is 1. The third-order valence-electron chi connectivity index (χ3n) is 5.53. The molecule has 2 N–H and O–H groups in total. The average Bonchev–Trinajstić information content (AvgIpc) is 3.17. The molecule has 1 saturated heterocycles. The van der Waals surface area contributed by atoms with Crippen molar-refractivity contribution in [1.29, 1.82) is 0 Å². The number of benzene rings is 1. The molecule has 0 aliphatic carbocycles. The standard InChI is InChI=1S/C21H22N6/c22-14-15-9-12-26(13-10-15)18-5-3-4-16-7-8-17(23-20(16)18)21-25-24-19-6-1-2-11-27(19)21/h1-8,11,15H,9-10,12-14,22H2. The summed E-state index contributed by atoms with van der Waals surface area (Å²) in [6.45, 7) is 2.84. The van der Waals surface area contributed by atoms with Gasteiger partial charge in [0.15, 0.2) is 11.5 Å². The third kappa shape index (κ3) is 2.82. The van der Waals surface area contributed by atoms with Gasteiger partial charge in [-0.1, -0.05) is 24.3 Å². The van der Waals surface area contributed by atoms with Crippen molar-refractivity contribution >= 4 is 22.2 Å². The van der Waals surface area contributed by atoms with Crippen LogP contribution >= 0.6 is 0 Å². The minimum absolute atomic E-state index is 0.641. The van der Waals surface area contributed by atoms with Crippen LogP contribution in [0.5, 0.6) is 0 Å². The van der Waals surface area contributed by atoms with E-state index in [0.29, 0.717) is 5.92 Å². The number of hydrogen-bond donors (Lipinski definition) is 1. The van der Waals surface area contributed by atoms with Gasteiger partial charge < -0.3 is 10.6 Å². The van der Waals surface area contributed by atoms with Gasteiger partial charge in [-0.05, 0) is 49.6 Å². The quantitative estimate of drug-likeness (QED) is 0.609. The maximum absolute atomic E-state index is 5.85. The third-order valence-corrected chi connectivity index (χ3v) is 5.53. The Hall–Kier alpha value is -2.99. The molecule has 1 aliphatic heterocycles. The van der Waals surface area contributed by atoms with E-state index in [4.69, 9.17) is 10.7 Å². The topological polar surface area (TPSA) is 72.3 Å². The van der Waals surface area contributed by atoms with Crippen LogP contribution in [0, 0.1) is 5.92 Å². The second-order valence-corrected chi connectivity index (χ2v) is 7.16. The van der Waals surface area contributed by atoms with Gasteiger partial charge in [0.2, 0.25) is 0 Å². The molecule has 0 saturated carbocycles. The van der Waals surface area contributed by atoms with E-state index in [1.54, 1.807) is 0 Å². The molecule has 136 valence electrons. The molecule has 1 aliphatic rings. The minimum atomic E-state index is 0.641. The van der Waals surface area contributed by atoms with Gasteiger partial charge in [0.05, 0.1) is 11.2 Å². The Morgan fingerprint density at radius 2 is 1.85 bits per heavy atom. The average molecular weight is 358 g/mol. The second-order valence-electron chi connectivity index (χ2n) is 7.16. The molecule has 6 heteroatoms. The Labute approximate surface area is 157 Å². The molecular formula is C21H22N6. The molecule has 0 amide bonds. The van der Waals surface area contributed by atoms with Crippen molar-refractivity contribution in [3.8, 4) is 11.5 Å². The van der Waals surface area contributed by atoms with Crippen molar-refractivity contribution in [2.45, 2.75) is 12.8 Å². The molecule has 6 nitrogen and oxygen atoms in total. The highest BCUT2D eigenvalue weighted by molar-refractivity contribution is 5.92. The van der Waals surface area contributed by atoms with Crippen LogP contribution in [0.4, 0.5) is 5.69 Å². The summed E-state index contributed by atoms with van der Waals surface area (Å²) in [6.07, 6.45) is 4.25. The van der Waals surface area contributed by atoms with Gasteiger partial charge in [0.25, 0.3) is 0 Å². The molecule has 0 bridgehead atoms. The maximum Gasteiger partial charge on any atom is 0.187 e. The summed E-state index contributed by atoms with van der Waals surface area (Å²) in [4.78, 5) is 7.43. The Kier molecular flexibility index (Phi) is 3.98. The number of pyridine rings is 2. The molecular weight excluding hydrogens is 336 g/mol. The summed E-state index contributed by atoms with van der Waals surface area (Å²) in [5.74, 6) is 1.41. The molecule has 1 fully saturated rings. The van der Waals surface area contributed by atoms with E-state index < -0.39 is 0 Å². The molecule has 27 heavy (non-hydrogen) atoms. The Morgan fingerprint density at radius 1 is 0.963 bits per heavy atom. The molecule has 4 heterocycles. The lowest BCUT2D eigenvalue weighted by Gasteiger charge is -2.33. The fourth-order valence-corrected chi connectivity index (χ4v) is 3.94. The minimum Gasteiger partial charge on any atom is -0.370 e. The van der Waals surface area contributed by atoms with Gasteiger partial charge in [-0.2, -0.15) is 0 Å². The van der Waals surface area contributed by atoms with E-state index >= 15 is 0 Å². The molecule has 3 aromatic heterocycles. The monoisotopic (exact) mass is 358 g/mol. The number of rotatable bonds is 3. The van der Waals surface area contributed by atoms with Gasteiger partial charge in [-0.15, -0.1) is 10.2 Å². The van der Waals surface area contributed by atoms with E-state index in [2.05, 4.69) is 39.4 Å². The van der Waals surface area contributed by atoms with Crippen LogP contribution in [-0.4, -0.2) is 39.2 Å². The zero-order valence-corrected chi connectivity index (χ0v) is 15.1. The summed E-state index contributed by atoms with van der Waals surface area (Å²) in [5.41, 5.74) is 9.73. The molecule has 0 unspecified atom stereocenters. The number of hydrogen-bond acceptors (Lipinski definition) is 5. The van der Waals surface area contributed by atoms with Gasteiger partial charge in [0, 0.05) is 24.7 Å². The van der Waals surface area contributed by atoms with Crippen LogP contribution in [0.3, 0.4) is 0 Å². The van der Waals surface area contributed by atoms with E-state index in [9.17, 15) is 0 Å². The van der Waals surface area contributed by atoms with E-state index in [1.807, 2.05) is 34.9 Å². The van der Waals surface area contributed by atoms with E-state index in [-0.39, 0.29) is 0 Å². The lowest BCUT2D eigenvalue weighted by atomic mass is 9.96. The molecule has 4 aromatic rings. The lowest BCUT2D eigenvalue weighted by molar-refractivity contribution is 0.415. The van der Waals surface area contributed by atoms with E-state index in [1.165, 1.54) is 5.69 Å². The number of nitrogens with zero attached hydrogens (tertiary/aromatic N) is 5. The summed E-state index contributed by atoms with van der Waals surface area (Å²) in [5, 5.41) is 9.76. The summed E-state index contributed by atoms with van der Waals surface area (Å²) in [7, 11) is 0. The van der Waals surface area contributed by atoms with Crippen molar-refractivity contribution in [3.63, 3.8) is 0 Å². The SMILES string of the molecule is NCC1CCN(c2cccc3ccc(-c4nnc5ccccn45)nc23)CC1. The predicted octanol–water partition coefficient (Wildman–Crippen LogP) is 3.12. The van der Waals surface area contributed by atoms with Crippen LogP contribution < -0.4 is 10.6 Å². The first-order valence-corrected chi connectivity index (χ1v) is 9.48. The van der Waals surface area contributed by atoms with Crippen molar-refractivity contribution in [1.82, 2.24) is 19.6 Å². The highest BCUT2D eigenvalue weighted by Gasteiger charge is 2.20. The zero-order chi connectivity index (χ0) is 18.2. The molecule has 5 rings (SSSR count). The number of nitrogens with two attached hydrogens (primary N) is 1. The Morgan fingerprint density at radius 3 is 2.70 bits per heavy atom. The van der Waals surface area contributed by atoms with Crippen LogP contribution in [-0.2, 0) is 0 Å². The first kappa shape index (κ1) is 16.2. The normalized spacial score (nSPS) is 15.7. The number of fused-ring (bicyclic) bond motifs is 2. The fourth-order valence-electron chi connectivity index (χ4n) is 3.94. The number of aromatic nitrogens is 4. The Balaban J connectivity index is 1.59. The fraction of sp³-hybridized carbons (Fsp3) is 0.286. The summed E-state index contributed by atoms with van der Waals surface area (Å²) in [6, 6.07) is 16.4. The maximum atomic E-state index is 5.85. The van der Waals surface area contributed by atoms with Crippen molar-refractivity contribution in [2.24, 2.45) is 11.7 Å².